The van der Waals surface area contributed by atoms with Gasteiger partial charge in [0.1, 0.15) is 11.3 Å². The van der Waals surface area contributed by atoms with Crippen LogP contribution in [0.4, 0.5) is 17.1 Å². The fourth-order valence-corrected chi connectivity index (χ4v) is 6.06. The van der Waals surface area contributed by atoms with Crippen LogP contribution in [-0.2, 0) is 17.6 Å². The fraction of sp³-hybridized carbons (Fsp3) is 0.257. The van der Waals surface area contributed by atoms with Gasteiger partial charge in [0.15, 0.2) is 0 Å². The van der Waals surface area contributed by atoms with Crippen molar-refractivity contribution in [3.8, 4) is 5.75 Å². The summed E-state index contributed by atoms with van der Waals surface area (Å²) in [6.07, 6.45) is 4.33. The van der Waals surface area contributed by atoms with Crippen LogP contribution in [0, 0.1) is 6.92 Å². The standard InChI is InChI=1S/C35H36BrN3O4.ClH/c1-24-10-9-13-31(38-18-7-4-8-19-38)34(24)39(28-16-14-26(15-17-28)20-25-11-5-3-6-12-25)37-33(40)22-27-21-32(43-2)29(35(41)42)23-30(27)36;/h3,5-6,9-17,21,23H,4,7-8,18-20,22H2,1-2H3,(H,37,40)(H,41,42);1H. The molecule has 5 rings (SSSR count). The number of carboxylic acids is 1. The summed E-state index contributed by atoms with van der Waals surface area (Å²) >= 11 is 3.45. The van der Waals surface area contributed by atoms with Gasteiger partial charge in [-0.05, 0) is 85.2 Å². The van der Waals surface area contributed by atoms with E-state index in [0.29, 0.717) is 10.0 Å². The first-order chi connectivity index (χ1) is 20.8. The molecule has 44 heavy (non-hydrogen) atoms. The monoisotopic (exact) mass is 677 g/mol. The number of carbonyl (C=O) groups is 2. The molecule has 1 aliphatic heterocycles. The number of anilines is 3. The summed E-state index contributed by atoms with van der Waals surface area (Å²) < 4.78 is 5.84. The molecule has 0 bridgehead atoms. The predicted molar refractivity (Wildman–Crippen MR) is 182 cm³/mol. The van der Waals surface area contributed by atoms with Gasteiger partial charge in [0.25, 0.3) is 0 Å². The van der Waals surface area contributed by atoms with Gasteiger partial charge in [0, 0.05) is 17.6 Å². The van der Waals surface area contributed by atoms with E-state index in [1.807, 2.05) is 35.3 Å². The topological polar surface area (TPSA) is 82.1 Å². The van der Waals surface area contributed by atoms with Crippen molar-refractivity contribution in [2.24, 2.45) is 0 Å². The molecule has 1 heterocycles. The molecule has 0 aliphatic carbocycles. The number of aromatic carboxylic acids is 1. The molecule has 9 heteroatoms. The highest BCUT2D eigenvalue weighted by atomic mass is 79.9. The molecule has 0 saturated carbocycles. The fourth-order valence-electron chi connectivity index (χ4n) is 5.57. The lowest BCUT2D eigenvalue weighted by atomic mass is 10.0. The van der Waals surface area contributed by atoms with Crippen molar-refractivity contribution in [3.05, 3.63) is 117 Å². The number of carbonyl (C=O) groups excluding carboxylic acids is 1. The number of nitrogens with one attached hydrogen (secondary N) is 1. The number of nitrogens with zero attached hydrogens (tertiary/aromatic N) is 2. The molecular formula is C35H37BrClN3O4. The Labute approximate surface area is 273 Å². The van der Waals surface area contributed by atoms with Gasteiger partial charge >= 0.3 is 5.97 Å². The van der Waals surface area contributed by atoms with E-state index in [1.54, 1.807) is 6.07 Å². The molecule has 4 aromatic rings. The summed E-state index contributed by atoms with van der Waals surface area (Å²) in [5, 5.41) is 11.4. The second-order valence-electron chi connectivity index (χ2n) is 10.8. The van der Waals surface area contributed by atoms with Gasteiger partial charge in [-0.2, -0.15) is 0 Å². The minimum atomic E-state index is -1.10. The number of ether oxygens (including phenoxy) is 1. The summed E-state index contributed by atoms with van der Waals surface area (Å²) in [7, 11) is 1.42. The number of piperidine rings is 1. The van der Waals surface area contributed by atoms with Crippen molar-refractivity contribution in [2.75, 3.05) is 30.1 Å². The Morgan fingerprint density at radius 3 is 2.27 bits per heavy atom. The van der Waals surface area contributed by atoms with E-state index in [2.05, 4.69) is 75.6 Å². The number of carboxylic acid groups (broad SMARTS) is 1. The van der Waals surface area contributed by atoms with Gasteiger partial charge < -0.3 is 14.7 Å². The number of rotatable bonds is 10. The Kier molecular flexibility index (Phi) is 11.3. The second kappa shape index (κ2) is 15.1. The molecule has 1 fully saturated rings. The minimum absolute atomic E-state index is 0. The van der Waals surface area contributed by atoms with Crippen molar-refractivity contribution in [3.63, 3.8) is 0 Å². The van der Waals surface area contributed by atoms with Crippen molar-refractivity contribution >= 4 is 57.3 Å². The third kappa shape index (κ3) is 7.73. The van der Waals surface area contributed by atoms with Crippen LogP contribution < -0.4 is 20.1 Å². The molecule has 0 unspecified atom stereocenters. The van der Waals surface area contributed by atoms with Crippen LogP contribution in [0.15, 0.2) is 89.4 Å². The zero-order chi connectivity index (χ0) is 30.3. The van der Waals surface area contributed by atoms with E-state index in [9.17, 15) is 14.7 Å². The Bertz CT molecular complexity index is 1590. The summed E-state index contributed by atoms with van der Waals surface area (Å²) in [6.45, 7) is 4.01. The van der Waals surface area contributed by atoms with Crippen LogP contribution in [0.25, 0.3) is 0 Å². The maximum atomic E-state index is 13.7. The van der Waals surface area contributed by atoms with Gasteiger partial charge in [-0.3, -0.25) is 15.2 Å². The maximum absolute atomic E-state index is 13.7. The number of halogens is 2. The number of hydrogen-bond acceptors (Lipinski definition) is 5. The molecule has 7 nitrogen and oxygen atoms in total. The van der Waals surface area contributed by atoms with Gasteiger partial charge in [-0.25, -0.2) is 4.79 Å². The largest absolute Gasteiger partial charge is 0.496 e. The normalized spacial score (nSPS) is 12.7. The molecule has 230 valence electrons. The van der Waals surface area contributed by atoms with Crippen LogP contribution in [0.3, 0.4) is 0 Å². The minimum Gasteiger partial charge on any atom is -0.496 e. The van der Waals surface area contributed by atoms with Crippen LogP contribution in [0.1, 0.15) is 51.9 Å². The summed E-state index contributed by atoms with van der Waals surface area (Å²) in [6, 6.07) is 28.0. The average molecular weight is 679 g/mol. The lowest BCUT2D eigenvalue weighted by Crippen LogP contribution is -2.41. The number of amides is 1. The van der Waals surface area contributed by atoms with Gasteiger partial charge in [0.05, 0.1) is 30.6 Å². The number of hydrazine groups is 1. The first kappa shape index (κ1) is 32.9. The van der Waals surface area contributed by atoms with Gasteiger partial charge in [0.2, 0.25) is 5.91 Å². The summed E-state index contributed by atoms with van der Waals surface area (Å²) in [5.41, 5.74) is 10.2. The van der Waals surface area contributed by atoms with E-state index >= 15 is 0 Å². The molecule has 1 saturated heterocycles. The van der Waals surface area contributed by atoms with E-state index in [-0.39, 0.29) is 36.0 Å². The quantitative estimate of drug-likeness (QED) is 0.166. The van der Waals surface area contributed by atoms with Crippen molar-refractivity contribution in [2.45, 2.75) is 39.0 Å². The molecule has 4 aromatic carbocycles. The zero-order valence-corrected chi connectivity index (χ0v) is 27.3. The van der Waals surface area contributed by atoms with Crippen molar-refractivity contribution in [1.82, 2.24) is 5.43 Å². The first-order valence-corrected chi connectivity index (χ1v) is 15.3. The summed E-state index contributed by atoms with van der Waals surface area (Å²) in [5.74, 6) is -1.14. The molecule has 0 spiro atoms. The van der Waals surface area contributed by atoms with Crippen LogP contribution in [0.5, 0.6) is 5.75 Å². The smallest absolute Gasteiger partial charge is 0.339 e. The highest BCUT2D eigenvalue weighted by Crippen LogP contribution is 2.38. The number of benzene rings is 4. The van der Waals surface area contributed by atoms with Gasteiger partial charge in [-0.15, -0.1) is 12.4 Å². The Morgan fingerprint density at radius 1 is 0.932 bits per heavy atom. The second-order valence-corrected chi connectivity index (χ2v) is 11.7. The third-order valence-corrected chi connectivity index (χ3v) is 8.51. The Morgan fingerprint density at radius 2 is 1.61 bits per heavy atom. The van der Waals surface area contributed by atoms with Crippen LogP contribution in [0.2, 0.25) is 0 Å². The number of para-hydroxylation sites is 1. The first-order valence-electron chi connectivity index (χ1n) is 14.5. The molecule has 0 atom stereocenters. The van der Waals surface area contributed by atoms with E-state index < -0.39 is 5.97 Å². The lowest BCUT2D eigenvalue weighted by Gasteiger charge is -2.35. The lowest BCUT2D eigenvalue weighted by molar-refractivity contribution is -0.120. The highest BCUT2D eigenvalue weighted by Gasteiger charge is 2.24. The van der Waals surface area contributed by atoms with E-state index in [1.165, 1.54) is 30.7 Å². The van der Waals surface area contributed by atoms with Crippen LogP contribution in [-0.4, -0.2) is 37.2 Å². The van der Waals surface area contributed by atoms with Gasteiger partial charge in [-0.1, -0.05) is 70.5 Å². The maximum Gasteiger partial charge on any atom is 0.339 e. The molecule has 2 N–H and O–H groups in total. The SMILES string of the molecule is COc1cc(CC(=O)NN(c2ccc(Cc3ccccc3)cc2)c2c(C)cccc2N2CCCCC2)c(Br)cc1C(=O)O.Cl. The molecule has 1 amide bonds. The zero-order valence-electron chi connectivity index (χ0n) is 24.9. The molecular weight excluding hydrogens is 642 g/mol. The molecule has 0 aromatic heterocycles. The third-order valence-electron chi connectivity index (χ3n) is 7.77. The Hall–Kier alpha value is -4.01. The van der Waals surface area contributed by atoms with E-state index in [0.717, 1.165) is 55.0 Å². The van der Waals surface area contributed by atoms with E-state index in [4.69, 9.17) is 4.74 Å². The highest BCUT2D eigenvalue weighted by molar-refractivity contribution is 9.10. The van der Waals surface area contributed by atoms with Crippen molar-refractivity contribution < 1.29 is 19.4 Å². The molecule has 0 radical (unpaired) electrons. The predicted octanol–water partition coefficient (Wildman–Crippen LogP) is 7.88. The molecule has 1 aliphatic rings. The summed E-state index contributed by atoms with van der Waals surface area (Å²) in [4.78, 5) is 27.8. The number of methoxy groups -OCH3 is 1. The Balaban J connectivity index is 0.00000442. The van der Waals surface area contributed by atoms with Crippen molar-refractivity contribution in [1.29, 1.82) is 0 Å². The van der Waals surface area contributed by atoms with Crippen LogP contribution >= 0.6 is 28.3 Å². The average Bonchev–Trinajstić information content (AvgIpc) is 3.02. The number of aryl methyl sites for hydroxylation is 1. The number of hydrogen-bond donors (Lipinski definition) is 2.